The zero-order valence-electron chi connectivity index (χ0n) is 43.4. The molecular formula is C58H107NO8. The van der Waals surface area contributed by atoms with Crippen LogP contribution in [0.2, 0.25) is 0 Å². The SMILES string of the molecule is CCCCCCC/C=C\C/C=C\CCCCCCCCCCCCCCCCCCCCCCCC(=O)NC(COC1OC(CO)C(O)C(O)C1O)C(O)/C=C/CC/C=C/CCCCCCC. The van der Waals surface area contributed by atoms with E-state index in [-0.39, 0.29) is 12.5 Å². The van der Waals surface area contributed by atoms with Gasteiger partial charge >= 0.3 is 0 Å². The quantitative estimate of drug-likeness (QED) is 0.0261. The fraction of sp³-hybridized carbons (Fsp3) is 0.845. The van der Waals surface area contributed by atoms with Crippen LogP contribution in [0.4, 0.5) is 0 Å². The van der Waals surface area contributed by atoms with E-state index in [1.165, 1.54) is 193 Å². The van der Waals surface area contributed by atoms with Gasteiger partial charge in [-0.25, -0.2) is 0 Å². The number of amides is 1. The van der Waals surface area contributed by atoms with E-state index in [2.05, 4.69) is 55.6 Å². The highest BCUT2D eigenvalue weighted by Crippen LogP contribution is 2.23. The molecule has 0 aromatic heterocycles. The summed E-state index contributed by atoms with van der Waals surface area (Å²) >= 11 is 0. The lowest BCUT2D eigenvalue weighted by atomic mass is 9.99. The molecule has 392 valence electrons. The number of aliphatic hydroxyl groups is 5. The standard InChI is InChI=1S/C58H107NO8/c1-3-5-7-9-11-13-15-16-17-18-19-20-21-22-23-24-25-26-27-28-29-30-31-32-33-34-35-36-38-40-42-44-46-48-54(62)59-51(50-66-58-57(65)56(64)55(63)53(49-60)67-58)52(61)47-45-43-41-39-37-14-12-10-8-6-4-2/h15-16,18-19,37,39,45,47,51-53,55-58,60-61,63-65H,3-14,17,20-36,38,40-44,46,48-50H2,1-2H3,(H,59,62)/b16-15-,19-18-,39-37+,47-45+. The molecule has 1 heterocycles. The number of unbranched alkanes of at least 4 members (excludes halogenated alkanes) is 32. The smallest absolute Gasteiger partial charge is 0.220 e. The second-order valence-electron chi connectivity index (χ2n) is 19.7. The van der Waals surface area contributed by atoms with Gasteiger partial charge in [0.1, 0.15) is 24.4 Å². The molecule has 6 N–H and O–H groups in total. The van der Waals surface area contributed by atoms with E-state index in [9.17, 15) is 30.3 Å². The van der Waals surface area contributed by atoms with Gasteiger partial charge in [0.2, 0.25) is 5.91 Å². The first-order valence-corrected chi connectivity index (χ1v) is 28.4. The van der Waals surface area contributed by atoms with Crippen LogP contribution in [0, 0.1) is 0 Å². The molecule has 0 aromatic rings. The molecule has 1 aliphatic rings. The molecule has 0 aromatic carbocycles. The lowest BCUT2D eigenvalue weighted by Gasteiger charge is -2.40. The third-order valence-corrected chi connectivity index (χ3v) is 13.4. The summed E-state index contributed by atoms with van der Waals surface area (Å²) in [4.78, 5) is 13.0. The Balaban J connectivity index is 2.09. The maximum atomic E-state index is 13.0. The van der Waals surface area contributed by atoms with Crippen molar-refractivity contribution in [3.8, 4) is 0 Å². The van der Waals surface area contributed by atoms with E-state index in [1.807, 2.05) is 6.08 Å². The summed E-state index contributed by atoms with van der Waals surface area (Å²) in [5.41, 5.74) is 0. The molecule has 0 radical (unpaired) electrons. The number of carbonyl (C=O) groups is 1. The van der Waals surface area contributed by atoms with Gasteiger partial charge in [-0.3, -0.25) is 4.79 Å². The van der Waals surface area contributed by atoms with Gasteiger partial charge in [0.05, 0.1) is 25.4 Å². The first-order chi connectivity index (χ1) is 32.8. The van der Waals surface area contributed by atoms with Crippen LogP contribution in [-0.4, -0.2) is 87.5 Å². The number of hydrogen-bond acceptors (Lipinski definition) is 8. The van der Waals surface area contributed by atoms with Crippen molar-refractivity contribution in [1.82, 2.24) is 5.32 Å². The summed E-state index contributed by atoms with van der Waals surface area (Å²) in [6, 6.07) is -0.819. The Hall–Kier alpha value is -1.85. The molecule has 1 fully saturated rings. The molecular weight excluding hydrogens is 839 g/mol. The lowest BCUT2D eigenvalue weighted by molar-refractivity contribution is -0.302. The highest BCUT2D eigenvalue weighted by molar-refractivity contribution is 5.76. The van der Waals surface area contributed by atoms with Crippen LogP contribution in [0.25, 0.3) is 0 Å². The third-order valence-electron chi connectivity index (χ3n) is 13.4. The number of carbonyl (C=O) groups excluding carboxylic acids is 1. The molecule has 67 heavy (non-hydrogen) atoms. The Bertz CT molecular complexity index is 1190. The minimum atomic E-state index is -1.57. The normalized spacial score (nSPS) is 20.0. The molecule has 1 aliphatic heterocycles. The van der Waals surface area contributed by atoms with E-state index in [4.69, 9.17) is 9.47 Å². The van der Waals surface area contributed by atoms with E-state index >= 15 is 0 Å². The molecule has 9 nitrogen and oxygen atoms in total. The molecule has 0 saturated carbocycles. The van der Waals surface area contributed by atoms with E-state index in [1.54, 1.807) is 6.08 Å². The molecule has 7 unspecified atom stereocenters. The molecule has 1 saturated heterocycles. The van der Waals surface area contributed by atoms with Crippen molar-refractivity contribution in [3.05, 3.63) is 48.6 Å². The minimum Gasteiger partial charge on any atom is -0.394 e. The fourth-order valence-corrected chi connectivity index (χ4v) is 8.85. The molecule has 0 bridgehead atoms. The van der Waals surface area contributed by atoms with Crippen LogP contribution in [0.3, 0.4) is 0 Å². The topological polar surface area (TPSA) is 149 Å². The summed E-state index contributed by atoms with van der Waals surface area (Å²) in [5.74, 6) is -0.186. The zero-order valence-corrected chi connectivity index (χ0v) is 43.4. The van der Waals surface area contributed by atoms with Gasteiger partial charge in [0, 0.05) is 6.42 Å². The first-order valence-electron chi connectivity index (χ1n) is 28.4. The number of rotatable bonds is 48. The van der Waals surface area contributed by atoms with Crippen LogP contribution in [-0.2, 0) is 14.3 Å². The minimum absolute atomic E-state index is 0.186. The zero-order chi connectivity index (χ0) is 48.7. The predicted octanol–water partition coefficient (Wildman–Crippen LogP) is 13.7. The Labute approximate surface area is 412 Å². The summed E-state index contributed by atoms with van der Waals surface area (Å²) < 4.78 is 11.2. The van der Waals surface area contributed by atoms with Crippen molar-refractivity contribution in [2.45, 2.75) is 301 Å². The maximum Gasteiger partial charge on any atom is 0.220 e. The number of hydrogen-bond donors (Lipinski definition) is 6. The first kappa shape index (κ1) is 63.2. The average molecular weight is 946 g/mol. The van der Waals surface area contributed by atoms with Crippen LogP contribution in [0.15, 0.2) is 48.6 Å². The average Bonchev–Trinajstić information content (AvgIpc) is 3.33. The summed E-state index contributed by atoms with van der Waals surface area (Å²) in [5, 5.41) is 54.2. The van der Waals surface area contributed by atoms with Gasteiger partial charge in [0.25, 0.3) is 0 Å². The number of allylic oxidation sites excluding steroid dienone is 7. The largest absolute Gasteiger partial charge is 0.394 e. The van der Waals surface area contributed by atoms with Crippen molar-refractivity contribution in [2.24, 2.45) is 0 Å². The van der Waals surface area contributed by atoms with E-state index < -0.39 is 49.5 Å². The Morgan fingerprint density at radius 3 is 1.34 bits per heavy atom. The van der Waals surface area contributed by atoms with Crippen LogP contribution < -0.4 is 5.32 Å². The second kappa shape index (κ2) is 47.8. The molecule has 0 aliphatic carbocycles. The van der Waals surface area contributed by atoms with E-state index in [0.29, 0.717) is 6.42 Å². The number of aliphatic hydroxyl groups excluding tert-OH is 5. The van der Waals surface area contributed by atoms with Gasteiger partial charge in [-0.05, 0) is 64.2 Å². The Morgan fingerprint density at radius 1 is 0.507 bits per heavy atom. The van der Waals surface area contributed by atoms with Crippen LogP contribution in [0.1, 0.15) is 258 Å². The van der Waals surface area contributed by atoms with Crippen molar-refractivity contribution in [1.29, 1.82) is 0 Å². The van der Waals surface area contributed by atoms with Gasteiger partial charge < -0.3 is 40.3 Å². The predicted molar refractivity (Wildman–Crippen MR) is 281 cm³/mol. The lowest BCUT2D eigenvalue weighted by Crippen LogP contribution is -2.60. The van der Waals surface area contributed by atoms with Gasteiger partial charge in [0.15, 0.2) is 6.29 Å². The molecule has 0 spiro atoms. The molecule has 1 rings (SSSR count). The Kier molecular flexibility index (Phi) is 45.1. The van der Waals surface area contributed by atoms with Crippen molar-refractivity contribution >= 4 is 5.91 Å². The van der Waals surface area contributed by atoms with Crippen molar-refractivity contribution in [2.75, 3.05) is 13.2 Å². The van der Waals surface area contributed by atoms with Crippen LogP contribution in [0.5, 0.6) is 0 Å². The highest BCUT2D eigenvalue weighted by atomic mass is 16.7. The Morgan fingerprint density at radius 2 is 0.896 bits per heavy atom. The number of nitrogens with one attached hydrogen (secondary N) is 1. The van der Waals surface area contributed by atoms with Crippen molar-refractivity contribution in [3.63, 3.8) is 0 Å². The molecule has 9 heteroatoms. The number of ether oxygens (including phenoxy) is 2. The maximum absolute atomic E-state index is 13.0. The second-order valence-corrected chi connectivity index (χ2v) is 19.7. The van der Waals surface area contributed by atoms with E-state index in [0.717, 1.165) is 44.9 Å². The summed E-state index contributed by atoms with van der Waals surface area (Å²) in [6.07, 6.45) is 56.3. The summed E-state index contributed by atoms with van der Waals surface area (Å²) in [6.45, 7) is 3.73. The van der Waals surface area contributed by atoms with Gasteiger partial charge in [-0.2, -0.15) is 0 Å². The van der Waals surface area contributed by atoms with Crippen LogP contribution >= 0.6 is 0 Å². The monoisotopic (exact) mass is 946 g/mol. The molecule has 1 amide bonds. The van der Waals surface area contributed by atoms with Crippen molar-refractivity contribution < 1.29 is 39.8 Å². The fourth-order valence-electron chi connectivity index (χ4n) is 8.85. The van der Waals surface area contributed by atoms with Gasteiger partial charge in [-0.1, -0.05) is 236 Å². The van der Waals surface area contributed by atoms with Gasteiger partial charge in [-0.15, -0.1) is 0 Å². The third kappa shape index (κ3) is 37.6. The molecule has 7 atom stereocenters. The summed E-state index contributed by atoms with van der Waals surface area (Å²) in [7, 11) is 0. The highest BCUT2D eigenvalue weighted by Gasteiger charge is 2.44.